The summed E-state index contributed by atoms with van der Waals surface area (Å²) in [6.45, 7) is 10.8. The van der Waals surface area contributed by atoms with Gasteiger partial charge in [-0.15, -0.1) is 10.2 Å². The van der Waals surface area contributed by atoms with Crippen LogP contribution in [0.3, 0.4) is 0 Å². The zero-order chi connectivity index (χ0) is 26.2. The Hall–Kier alpha value is -3.82. The highest BCUT2D eigenvalue weighted by molar-refractivity contribution is 5.80. The predicted molar refractivity (Wildman–Crippen MR) is 142 cm³/mol. The number of aryl methyl sites for hydroxylation is 2. The number of rotatable bonds is 12. The SMILES string of the molecule is CCN(CC)CC(O)COc1c(OCc2ccc(-c3ccccc3-c3nn[nH]n3)cc2)cc(C)nc1C. The number of likely N-dealkylation sites (N-methyl/N-ethyl adjacent to an activating group) is 1. The number of aromatic amines is 1. The number of hydrogen-bond acceptors (Lipinski definition) is 8. The molecule has 0 spiro atoms. The van der Waals surface area contributed by atoms with Gasteiger partial charge in [0.05, 0.1) is 5.69 Å². The predicted octanol–water partition coefficient (Wildman–Crippen LogP) is 4.21. The van der Waals surface area contributed by atoms with Crippen LogP contribution < -0.4 is 9.47 Å². The second-order valence-electron chi connectivity index (χ2n) is 8.89. The van der Waals surface area contributed by atoms with Crippen molar-refractivity contribution in [2.24, 2.45) is 0 Å². The molecule has 9 nitrogen and oxygen atoms in total. The highest BCUT2D eigenvalue weighted by Gasteiger charge is 2.16. The standard InChI is InChI=1S/C28H34N6O3/c1-5-34(6-2)16-23(35)18-37-27-20(4)29-19(3)15-26(27)36-17-21-11-13-22(14-12-21)24-9-7-8-10-25(24)28-30-32-33-31-28/h7-15,23,35H,5-6,16-18H2,1-4H3,(H,30,31,32,33). The molecule has 0 fully saturated rings. The molecule has 0 bridgehead atoms. The first-order chi connectivity index (χ1) is 18.0. The van der Waals surface area contributed by atoms with E-state index >= 15 is 0 Å². The lowest BCUT2D eigenvalue weighted by Crippen LogP contribution is -2.35. The van der Waals surface area contributed by atoms with E-state index in [0.717, 1.165) is 46.7 Å². The molecule has 2 aromatic heterocycles. The van der Waals surface area contributed by atoms with Crippen LogP contribution in [0.25, 0.3) is 22.5 Å². The minimum Gasteiger partial charge on any atom is -0.485 e. The summed E-state index contributed by atoms with van der Waals surface area (Å²) in [6.07, 6.45) is -0.601. The molecule has 2 aromatic carbocycles. The molecule has 0 saturated heterocycles. The van der Waals surface area contributed by atoms with E-state index in [9.17, 15) is 5.11 Å². The fourth-order valence-electron chi connectivity index (χ4n) is 4.22. The van der Waals surface area contributed by atoms with Crippen molar-refractivity contribution in [3.63, 3.8) is 0 Å². The van der Waals surface area contributed by atoms with Crippen LogP contribution in [0.4, 0.5) is 0 Å². The Labute approximate surface area is 217 Å². The van der Waals surface area contributed by atoms with Gasteiger partial charge in [-0.3, -0.25) is 4.98 Å². The Kier molecular flexibility index (Phi) is 8.81. The number of nitrogens with zero attached hydrogens (tertiary/aromatic N) is 5. The van der Waals surface area contributed by atoms with Gasteiger partial charge in [-0.05, 0) is 48.8 Å². The molecule has 2 heterocycles. The van der Waals surface area contributed by atoms with Crippen molar-refractivity contribution in [3.8, 4) is 34.0 Å². The molecule has 1 unspecified atom stereocenters. The molecule has 0 aliphatic heterocycles. The van der Waals surface area contributed by atoms with Gasteiger partial charge in [0.2, 0.25) is 5.82 Å². The van der Waals surface area contributed by atoms with Crippen LogP contribution in [-0.4, -0.2) is 68.0 Å². The fraction of sp³-hybridized carbons (Fsp3) is 0.357. The molecule has 0 saturated carbocycles. The van der Waals surface area contributed by atoms with E-state index in [1.54, 1.807) is 0 Å². The number of H-pyrrole nitrogens is 1. The molecule has 0 aliphatic rings. The largest absolute Gasteiger partial charge is 0.485 e. The first-order valence-electron chi connectivity index (χ1n) is 12.5. The fourth-order valence-corrected chi connectivity index (χ4v) is 4.22. The van der Waals surface area contributed by atoms with Crippen molar-refractivity contribution >= 4 is 0 Å². The smallest absolute Gasteiger partial charge is 0.205 e. The van der Waals surface area contributed by atoms with E-state index in [1.807, 2.05) is 56.3 Å². The highest BCUT2D eigenvalue weighted by Crippen LogP contribution is 2.33. The Bertz CT molecular complexity index is 1270. The van der Waals surface area contributed by atoms with Crippen molar-refractivity contribution in [1.82, 2.24) is 30.5 Å². The maximum atomic E-state index is 10.4. The summed E-state index contributed by atoms with van der Waals surface area (Å²) in [5.41, 5.74) is 5.57. The highest BCUT2D eigenvalue weighted by atomic mass is 16.5. The van der Waals surface area contributed by atoms with E-state index in [4.69, 9.17) is 9.47 Å². The number of aliphatic hydroxyl groups is 1. The minimum atomic E-state index is -0.601. The Balaban J connectivity index is 1.45. The third-order valence-corrected chi connectivity index (χ3v) is 6.19. The maximum Gasteiger partial charge on any atom is 0.205 e. The number of aromatic nitrogens is 5. The summed E-state index contributed by atoms with van der Waals surface area (Å²) in [5.74, 6) is 1.74. The zero-order valence-corrected chi connectivity index (χ0v) is 21.8. The number of pyridine rings is 1. The van der Waals surface area contributed by atoms with Crippen LogP contribution in [0.15, 0.2) is 54.6 Å². The third-order valence-electron chi connectivity index (χ3n) is 6.19. The maximum absolute atomic E-state index is 10.4. The monoisotopic (exact) mass is 502 g/mol. The van der Waals surface area contributed by atoms with Gasteiger partial charge in [0.1, 0.15) is 19.3 Å². The number of nitrogens with one attached hydrogen (secondary N) is 1. The normalized spacial score (nSPS) is 12.1. The first kappa shape index (κ1) is 26.2. The lowest BCUT2D eigenvalue weighted by atomic mass is 9.98. The summed E-state index contributed by atoms with van der Waals surface area (Å²) in [5, 5.41) is 24.9. The number of aliphatic hydroxyl groups excluding tert-OH is 1. The molecule has 0 amide bonds. The number of hydrogen-bond donors (Lipinski definition) is 2. The molecule has 0 radical (unpaired) electrons. The summed E-state index contributed by atoms with van der Waals surface area (Å²) >= 11 is 0. The lowest BCUT2D eigenvalue weighted by Gasteiger charge is -2.23. The van der Waals surface area contributed by atoms with Gasteiger partial charge in [-0.1, -0.05) is 62.4 Å². The van der Waals surface area contributed by atoms with Crippen LogP contribution in [0, 0.1) is 13.8 Å². The van der Waals surface area contributed by atoms with Gasteiger partial charge >= 0.3 is 0 Å². The zero-order valence-electron chi connectivity index (χ0n) is 21.8. The molecule has 4 aromatic rings. The van der Waals surface area contributed by atoms with Crippen molar-refractivity contribution < 1.29 is 14.6 Å². The average Bonchev–Trinajstić information content (AvgIpc) is 3.45. The molecule has 2 N–H and O–H groups in total. The molecule has 37 heavy (non-hydrogen) atoms. The molecular formula is C28H34N6O3. The van der Waals surface area contributed by atoms with Gasteiger partial charge in [0.25, 0.3) is 0 Å². The summed E-state index contributed by atoms with van der Waals surface area (Å²) in [4.78, 5) is 6.68. The molecule has 4 rings (SSSR count). The minimum absolute atomic E-state index is 0.174. The molecule has 1 atom stereocenters. The number of ether oxygens (including phenoxy) is 2. The van der Waals surface area contributed by atoms with Gasteiger partial charge in [-0.2, -0.15) is 5.21 Å². The van der Waals surface area contributed by atoms with Crippen LogP contribution in [0.1, 0.15) is 30.8 Å². The van der Waals surface area contributed by atoms with E-state index < -0.39 is 6.10 Å². The number of benzene rings is 2. The Morgan fingerprint density at radius 2 is 1.70 bits per heavy atom. The molecule has 0 aliphatic carbocycles. The van der Waals surface area contributed by atoms with Crippen molar-refractivity contribution in [1.29, 1.82) is 0 Å². The molecular weight excluding hydrogens is 468 g/mol. The Morgan fingerprint density at radius 1 is 0.973 bits per heavy atom. The van der Waals surface area contributed by atoms with Crippen molar-refractivity contribution in [2.45, 2.75) is 40.4 Å². The Morgan fingerprint density at radius 3 is 2.38 bits per heavy atom. The van der Waals surface area contributed by atoms with Gasteiger partial charge in [-0.25, -0.2) is 0 Å². The second-order valence-corrected chi connectivity index (χ2v) is 8.89. The van der Waals surface area contributed by atoms with E-state index in [1.165, 1.54) is 0 Å². The topological polar surface area (TPSA) is 109 Å². The molecule has 194 valence electrons. The summed E-state index contributed by atoms with van der Waals surface area (Å²) in [6, 6.07) is 18.0. The van der Waals surface area contributed by atoms with Crippen LogP contribution in [0.5, 0.6) is 11.5 Å². The lowest BCUT2D eigenvalue weighted by molar-refractivity contribution is 0.0696. The third kappa shape index (κ3) is 6.69. The number of tetrazole rings is 1. The van der Waals surface area contributed by atoms with E-state index in [2.05, 4.69) is 56.5 Å². The second kappa shape index (κ2) is 12.4. The van der Waals surface area contributed by atoms with E-state index in [-0.39, 0.29) is 6.61 Å². The van der Waals surface area contributed by atoms with Crippen LogP contribution >= 0.6 is 0 Å². The van der Waals surface area contributed by atoms with E-state index in [0.29, 0.717) is 30.5 Å². The van der Waals surface area contributed by atoms with Crippen molar-refractivity contribution in [3.05, 3.63) is 71.5 Å². The molecule has 9 heteroatoms. The van der Waals surface area contributed by atoms with Gasteiger partial charge in [0, 0.05) is 23.9 Å². The van der Waals surface area contributed by atoms with Crippen molar-refractivity contribution in [2.75, 3.05) is 26.2 Å². The van der Waals surface area contributed by atoms with Gasteiger partial charge in [0.15, 0.2) is 11.5 Å². The summed E-state index contributed by atoms with van der Waals surface area (Å²) < 4.78 is 12.2. The van der Waals surface area contributed by atoms with Gasteiger partial charge < -0.3 is 19.5 Å². The summed E-state index contributed by atoms with van der Waals surface area (Å²) in [7, 11) is 0. The first-order valence-corrected chi connectivity index (χ1v) is 12.5. The average molecular weight is 503 g/mol. The van der Waals surface area contributed by atoms with Crippen LogP contribution in [0.2, 0.25) is 0 Å². The quantitative estimate of drug-likeness (QED) is 0.297. The van der Waals surface area contributed by atoms with Crippen LogP contribution in [-0.2, 0) is 6.61 Å².